The van der Waals surface area contributed by atoms with E-state index in [9.17, 15) is 0 Å². The topological polar surface area (TPSA) is 61.9 Å². The Morgan fingerprint density at radius 3 is 1.09 bits per heavy atom. The second-order valence-electron chi connectivity index (χ2n) is 8.05. The number of nitrogens with zero attached hydrogens (tertiary/aromatic N) is 2. The van der Waals surface area contributed by atoms with Crippen molar-refractivity contribution in [1.29, 1.82) is 0 Å². The van der Waals surface area contributed by atoms with Crippen LogP contribution in [0.25, 0.3) is 0 Å². The van der Waals surface area contributed by atoms with Crippen molar-refractivity contribution in [2.45, 2.75) is 13.1 Å². The fourth-order valence-electron chi connectivity index (χ4n) is 3.74. The average Bonchev–Trinajstić information content (AvgIpc) is 2.79. The molecule has 0 spiro atoms. The predicted molar refractivity (Wildman–Crippen MR) is 122 cm³/mol. The molecule has 0 N–H and O–H groups in total. The van der Waals surface area contributed by atoms with Crippen LogP contribution >= 0.6 is 0 Å². The lowest BCUT2D eigenvalue weighted by Crippen LogP contribution is -2.32. The molecule has 4 bridgehead atoms. The van der Waals surface area contributed by atoms with Gasteiger partial charge in [-0.2, -0.15) is 0 Å². The van der Waals surface area contributed by atoms with Crippen LogP contribution in [-0.2, 0) is 41.5 Å². The van der Waals surface area contributed by atoms with Crippen LogP contribution in [0.2, 0.25) is 0 Å². The van der Waals surface area contributed by atoms with Crippen molar-refractivity contribution >= 4 is 0 Å². The summed E-state index contributed by atoms with van der Waals surface area (Å²) in [5.41, 5.74) is 2.62. The van der Waals surface area contributed by atoms with Gasteiger partial charge in [-0.3, -0.25) is 9.80 Å². The molecule has 2 heterocycles. The van der Waals surface area contributed by atoms with Crippen LogP contribution in [-0.4, -0.2) is 115 Å². The van der Waals surface area contributed by atoms with E-state index in [1.807, 2.05) is 0 Å². The molecular weight excluding hydrogens is 412 g/mol. The van der Waals surface area contributed by atoms with E-state index < -0.39 is 0 Å². The number of hydrogen-bond acceptors (Lipinski definition) is 8. The summed E-state index contributed by atoms with van der Waals surface area (Å²) in [4.78, 5) is 4.79. The number of fused-ring (bicyclic) bond motifs is 2. The van der Waals surface area contributed by atoms with E-state index in [2.05, 4.69) is 34.1 Å². The normalized spacial score (nSPS) is 26.9. The summed E-state index contributed by atoms with van der Waals surface area (Å²) in [6.45, 7) is 12.7. The molecule has 0 radical (unpaired) electrons. The van der Waals surface area contributed by atoms with E-state index in [1.165, 1.54) is 11.1 Å². The van der Waals surface area contributed by atoms with Crippen molar-refractivity contribution in [3.8, 4) is 0 Å². The highest BCUT2D eigenvalue weighted by molar-refractivity contribution is 5.23. The van der Waals surface area contributed by atoms with Crippen LogP contribution in [0.5, 0.6) is 0 Å². The van der Waals surface area contributed by atoms with E-state index in [-0.39, 0.29) is 0 Å². The Kier molecular flexibility index (Phi) is 13.2. The first-order valence-electron chi connectivity index (χ1n) is 11.9. The van der Waals surface area contributed by atoms with Crippen molar-refractivity contribution in [2.24, 2.45) is 0 Å². The molecular formula is C24H40N2O6. The fourth-order valence-corrected chi connectivity index (χ4v) is 3.74. The molecule has 2 aliphatic rings. The summed E-state index contributed by atoms with van der Waals surface area (Å²) >= 11 is 0. The molecule has 1 aromatic carbocycles. The first-order valence-corrected chi connectivity index (χ1v) is 11.9. The first-order chi connectivity index (χ1) is 15.9. The number of benzene rings is 1. The third-order valence-electron chi connectivity index (χ3n) is 5.50. The zero-order chi connectivity index (χ0) is 22.1. The van der Waals surface area contributed by atoms with Gasteiger partial charge in [0.15, 0.2) is 0 Å². The highest BCUT2D eigenvalue weighted by Gasteiger charge is 2.11. The number of ether oxygens (including phenoxy) is 6. The van der Waals surface area contributed by atoms with Crippen LogP contribution in [0.15, 0.2) is 24.3 Å². The van der Waals surface area contributed by atoms with E-state index in [0.717, 1.165) is 39.3 Å². The van der Waals surface area contributed by atoms with Gasteiger partial charge in [-0.15, -0.1) is 0 Å². The van der Waals surface area contributed by atoms with Gasteiger partial charge in [0.05, 0.1) is 79.3 Å². The summed E-state index contributed by atoms with van der Waals surface area (Å²) in [5, 5.41) is 0. The van der Waals surface area contributed by atoms with Gasteiger partial charge in [-0.1, -0.05) is 24.3 Å². The lowest BCUT2D eigenvalue weighted by atomic mass is 10.1. The maximum atomic E-state index is 5.78. The van der Waals surface area contributed by atoms with Crippen LogP contribution in [0.4, 0.5) is 0 Å². The van der Waals surface area contributed by atoms with Crippen LogP contribution in [0.3, 0.4) is 0 Å². The van der Waals surface area contributed by atoms with Crippen LogP contribution in [0.1, 0.15) is 11.1 Å². The third-order valence-corrected chi connectivity index (χ3v) is 5.50. The molecule has 0 aliphatic carbocycles. The zero-order valence-electron chi connectivity index (χ0n) is 19.4. The fraction of sp³-hybridized carbons (Fsp3) is 0.750. The maximum Gasteiger partial charge on any atom is 0.0701 e. The Morgan fingerprint density at radius 2 is 0.750 bits per heavy atom. The van der Waals surface area contributed by atoms with Crippen molar-refractivity contribution in [3.63, 3.8) is 0 Å². The first kappa shape index (κ1) is 25.5. The highest BCUT2D eigenvalue weighted by atomic mass is 16.5. The van der Waals surface area contributed by atoms with Crippen molar-refractivity contribution in [3.05, 3.63) is 35.4 Å². The van der Waals surface area contributed by atoms with Crippen molar-refractivity contribution < 1.29 is 28.4 Å². The minimum absolute atomic E-state index is 0.595. The standard InChI is InChI=1S/C24H40N2O6/c1-2-23-20-24(3-1)22-26-6-10-29-14-18-31-16-12-27-8-4-25(21-23)5-9-28-13-17-32-19-15-30-11-7-26/h1-3,20H,4-19,21-22H2. The summed E-state index contributed by atoms with van der Waals surface area (Å²) in [6.07, 6.45) is 0. The van der Waals surface area contributed by atoms with E-state index >= 15 is 0 Å². The Morgan fingerprint density at radius 1 is 0.438 bits per heavy atom. The average molecular weight is 453 g/mol. The molecule has 8 heteroatoms. The van der Waals surface area contributed by atoms with Gasteiger partial charge in [0, 0.05) is 39.3 Å². The van der Waals surface area contributed by atoms with Crippen LogP contribution < -0.4 is 0 Å². The van der Waals surface area contributed by atoms with E-state index in [4.69, 9.17) is 28.4 Å². The predicted octanol–water partition coefficient (Wildman–Crippen LogP) is 1.42. The molecule has 182 valence electrons. The SMILES string of the molecule is c1cc2cc(c1)CN1CCOCCOCCOCCN(CCOCCOCCOCC1)C2. The molecule has 0 aromatic heterocycles. The third kappa shape index (κ3) is 11.2. The zero-order valence-corrected chi connectivity index (χ0v) is 19.4. The minimum atomic E-state index is 0.595. The second kappa shape index (κ2) is 16.5. The van der Waals surface area contributed by atoms with Gasteiger partial charge < -0.3 is 28.4 Å². The molecule has 8 nitrogen and oxygen atoms in total. The van der Waals surface area contributed by atoms with E-state index in [1.54, 1.807) is 0 Å². The molecule has 0 amide bonds. The molecule has 0 fully saturated rings. The van der Waals surface area contributed by atoms with E-state index in [0.29, 0.717) is 79.3 Å². The molecule has 0 saturated heterocycles. The molecule has 0 saturated carbocycles. The largest absolute Gasteiger partial charge is 0.378 e. The summed E-state index contributed by atoms with van der Waals surface area (Å²) in [5.74, 6) is 0. The smallest absolute Gasteiger partial charge is 0.0701 e. The Bertz CT molecular complexity index is 534. The Balaban J connectivity index is 1.69. The lowest BCUT2D eigenvalue weighted by molar-refractivity contribution is -0.00710. The van der Waals surface area contributed by atoms with Crippen molar-refractivity contribution in [2.75, 3.05) is 105 Å². The van der Waals surface area contributed by atoms with Gasteiger partial charge >= 0.3 is 0 Å². The van der Waals surface area contributed by atoms with Gasteiger partial charge in [0.25, 0.3) is 0 Å². The van der Waals surface area contributed by atoms with Crippen molar-refractivity contribution in [1.82, 2.24) is 9.80 Å². The van der Waals surface area contributed by atoms with Gasteiger partial charge in [0.1, 0.15) is 0 Å². The summed E-state index contributed by atoms with van der Waals surface area (Å²) < 4.78 is 34.4. The Hall–Kier alpha value is -1.10. The Labute approximate surface area is 192 Å². The van der Waals surface area contributed by atoms with Gasteiger partial charge in [0.2, 0.25) is 0 Å². The quantitative estimate of drug-likeness (QED) is 0.586. The van der Waals surface area contributed by atoms with Crippen LogP contribution in [0, 0.1) is 0 Å². The molecule has 0 unspecified atom stereocenters. The molecule has 2 aliphatic heterocycles. The summed E-state index contributed by atoms with van der Waals surface area (Å²) in [6, 6.07) is 8.88. The monoisotopic (exact) mass is 452 g/mol. The minimum Gasteiger partial charge on any atom is -0.378 e. The maximum absolute atomic E-state index is 5.78. The molecule has 1 aromatic rings. The lowest BCUT2D eigenvalue weighted by Gasteiger charge is -2.25. The molecule has 3 rings (SSSR count). The summed E-state index contributed by atoms with van der Waals surface area (Å²) in [7, 11) is 0. The van der Waals surface area contributed by atoms with Gasteiger partial charge in [-0.05, 0) is 11.1 Å². The number of rotatable bonds is 0. The molecule has 32 heavy (non-hydrogen) atoms. The number of hydrogen-bond donors (Lipinski definition) is 0. The van der Waals surface area contributed by atoms with Gasteiger partial charge in [-0.25, -0.2) is 0 Å². The highest BCUT2D eigenvalue weighted by Crippen LogP contribution is 2.11. The second-order valence-corrected chi connectivity index (χ2v) is 8.05. The molecule has 0 atom stereocenters.